The molecule has 0 saturated carbocycles. The van der Waals surface area contributed by atoms with Crippen LogP contribution in [0.3, 0.4) is 0 Å². The number of carbonyl (C=O) groups is 1. The van der Waals surface area contributed by atoms with E-state index in [9.17, 15) is 4.79 Å². The smallest absolute Gasteiger partial charge is 0.221 e. The van der Waals surface area contributed by atoms with Gasteiger partial charge in [-0.3, -0.25) is 4.79 Å². The summed E-state index contributed by atoms with van der Waals surface area (Å²) >= 11 is 0. The lowest BCUT2D eigenvalue weighted by atomic mass is 9.97. The number of hydrogen-bond acceptors (Lipinski definition) is 3. The molecule has 1 saturated heterocycles. The second kappa shape index (κ2) is 6.08. The van der Waals surface area contributed by atoms with Crippen LogP contribution in [0.15, 0.2) is 0 Å². The van der Waals surface area contributed by atoms with Crippen LogP contribution in [0.1, 0.15) is 26.7 Å². The first-order chi connectivity index (χ1) is 7.09. The van der Waals surface area contributed by atoms with E-state index in [-0.39, 0.29) is 11.8 Å². The number of amides is 1. The fourth-order valence-electron chi connectivity index (χ4n) is 2.00. The van der Waals surface area contributed by atoms with E-state index in [1.807, 2.05) is 0 Å². The Kier molecular flexibility index (Phi) is 5.05. The Morgan fingerprint density at radius 1 is 1.60 bits per heavy atom. The molecule has 0 radical (unpaired) electrons. The van der Waals surface area contributed by atoms with Gasteiger partial charge in [0.25, 0.3) is 0 Å². The number of piperidine rings is 1. The fraction of sp³-hybridized carbons (Fsp3) is 0.909. The molecule has 0 spiro atoms. The highest BCUT2D eigenvalue weighted by atomic mass is 16.1. The largest absolute Gasteiger partial charge is 0.369 e. The van der Waals surface area contributed by atoms with Crippen molar-refractivity contribution in [1.82, 2.24) is 10.2 Å². The van der Waals surface area contributed by atoms with Crippen LogP contribution < -0.4 is 11.1 Å². The van der Waals surface area contributed by atoms with Crippen LogP contribution in [0.4, 0.5) is 0 Å². The van der Waals surface area contributed by atoms with Crippen molar-refractivity contribution in [3.63, 3.8) is 0 Å². The van der Waals surface area contributed by atoms with Crippen molar-refractivity contribution in [2.45, 2.75) is 32.7 Å². The second-order valence-electron chi connectivity index (χ2n) is 4.65. The first kappa shape index (κ1) is 12.5. The monoisotopic (exact) mass is 213 g/mol. The summed E-state index contributed by atoms with van der Waals surface area (Å²) in [5.74, 6) is -0.0747. The number of rotatable bonds is 5. The van der Waals surface area contributed by atoms with Gasteiger partial charge in [0.15, 0.2) is 0 Å². The summed E-state index contributed by atoms with van der Waals surface area (Å²) in [7, 11) is 0. The molecule has 3 N–H and O–H groups in total. The maximum absolute atomic E-state index is 11.1. The molecule has 88 valence electrons. The first-order valence-corrected chi connectivity index (χ1v) is 5.84. The maximum atomic E-state index is 11.1. The molecule has 1 aliphatic heterocycles. The molecule has 1 fully saturated rings. The summed E-state index contributed by atoms with van der Waals surface area (Å²) in [6.07, 6.45) is 2.05. The lowest BCUT2D eigenvalue weighted by molar-refractivity contribution is -0.123. The standard InChI is InChI=1S/C11H23N3O/c1-9(2)13-5-7-14-6-3-4-10(8-14)11(12)15/h9-10,13H,3-8H2,1-2H3,(H2,12,15). The number of nitrogens with two attached hydrogens (primary N) is 1. The van der Waals surface area contributed by atoms with Gasteiger partial charge in [0.05, 0.1) is 5.92 Å². The van der Waals surface area contributed by atoms with E-state index < -0.39 is 0 Å². The summed E-state index contributed by atoms with van der Waals surface area (Å²) < 4.78 is 0. The van der Waals surface area contributed by atoms with Gasteiger partial charge in [-0.15, -0.1) is 0 Å². The van der Waals surface area contributed by atoms with Gasteiger partial charge in [0.1, 0.15) is 0 Å². The SMILES string of the molecule is CC(C)NCCN1CCCC(C(N)=O)C1. The molecule has 0 aromatic carbocycles. The van der Waals surface area contributed by atoms with Crippen molar-refractivity contribution in [2.75, 3.05) is 26.2 Å². The zero-order valence-electron chi connectivity index (χ0n) is 9.83. The van der Waals surface area contributed by atoms with E-state index in [1.165, 1.54) is 0 Å². The van der Waals surface area contributed by atoms with E-state index in [1.54, 1.807) is 0 Å². The molecule has 1 unspecified atom stereocenters. The molecule has 0 bridgehead atoms. The van der Waals surface area contributed by atoms with Crippen LogP contribution >= 0.6 is 0 Å². The summed E-state index contributed by atoms with van der Waals surface area (Å²) in [6, 6.07) is 0.529. The summed E-state index contributed by atoms with van der Waals surface area (Å²) in [6.45, 7) is 8.23. The van der Waals surface area contributed by atoms with Crippen LogP contribution in [0.25, 0.3) is 0 Å². The van der Waals surface area contributed by atoms with Crippen LogP contribution in [0, 0.1) is 5.92 Å². The van der Waals surface area contributed by atoms with Crippen molar-refractivity contribution < 1.29 is 4.79 Å². The molecule has 4 nitrogen and oxygen atoms in total. The predicted molar refractivity (Wildman–Crippen MR) is 61.5 cm³/mol. The Balaban J connectivity index is 2.21. The van der Waals surface area contributed by atoms with Crippen LogP contribution in [-0.4, -0.2) is 43.0 Å². The third-order valence-electron chi connectivity index (χ3n) is 2.89. The zero-order valence-corrected chi connectivity index (χ0v) is 9.83. The summed E-state index contributed by atoms with van der Waals surface area (Å²) in [5.41, 5.74) is 5.33. The fourth-order valence-corrected chi connectivity index (χ4v) is 2.00. The van der Waals surface area contributed by atoms with Crippen LogP contribution in [-0.2, 0) is 4.79 Å². The number of primary amides is 1. The molecule has 0 aliphatic carbocycles. The van der Waals surface area contributed by atoms with E-state index in [0.717, 1.165) is 39.0 Å². The Labute approximate surface area is 92.2 Å². The van der Waals surface area contributed by atoms with Crippen LogP contribution in [0.2, 0.25) is 0 Å². The third-order valence-corrected chi connectivity index (χ3v) is 2.89. The molecular weight excluding hydrogens is 190 g/mol. The zero-order chi connectivity index (χ0) is 11.3. The minimum Gasteiger partial charge on any atom is -0.369 e. The Morgan fingerprint density at radius 3 is 2.93 bits per heavy atom. The average molecular weight is 213 g/mol. The number of nitrogens with one attached hydrogen (secondary N) is 1. The quantitative estimate of drug-likeness (QED) is 0.685. The van der Waals surface area contributed by atoms with E-state index in [4.69, 9.17) is 5.73 Å². The van der Waals surface area contributed by atoms with Crippen molar-refractivity contribution in [1.29, 1.82) is 0 Å². The van der Waals surface area contributed by atoms with Crippen molar-refractivity contribution in [3.05, 3.63) is 0 Å². The second-order valence-corrected chi connectivity index (χ2v) is 4.65. The number of nitrogens with zero attached hydrogens (tertiary/aromatic N) is 1. The normalized spacial score (nSPS) is 23.3. The van der Waals surface area contributed by atoms with Gasteiger partial charge >= 0.3 is 0 Å². The van der Waals surface area contributed by atoms with Crippen molar-refractivity contribution in [2.24, 2.45) is 11.7 Å². The molecule has 1 atom stereocenters. The van der Waals surface area contributed by atoms with Gasteiger partial charge in [-0.05, 0) is 19.4 Å². The van der Waals surface area contributed by atoms with E-state index in [0.29, 0.717) is 6.04 Å². The van der Waals surface area contributed by atoms with Gasteiger partial charge in [-0.25, -0.2) is 0 Å². The van der Waals surface area contributed by atoms with Crippen LogP contribution in [0.5, 0.6) is 0 Å². The summed E-state index contributed by atoms with van der Waals surface area (Å²) in [5, 5.41) is 3.38. The molecule has 1 amide bonds. The number of hydrogen-bond donors (Lipinski definition) is 2. The van der Waals surface area contributed by atoms with Gasteiger partial charge in [0.2, 0.25) is 5.91 Å². The number of carbonyl (C=O) groups excluding carboxylic acids is 1. The maximum Gasteiger partial charge on any atom is 0.221 e. The lowest BCUT2D eigenvalue weighted by Gasteiger charge is -2.31. The Morgan fingerprint density at radius 2 is 2.33 bits per heavy atom. The minimum atomic E-state index is -0.142. The van der Waals surface area contributed by atoms with Crippen molar-refractivity contribution in [3.8, 4) is 0 Å². The van der Waals surface area contributed by atoms with Gasteiger partial charge in [-0.2, -0.15) is 0 Å². The number of likely N-dealkylation sites (tertiary alicyclic amines) is 1. The third kappa shape index (κ3) is 4.62. The molecule has 1 heterocycles. The highest BCUT2D eigenvalue weighted by Crippen LogP contribution is 2.15. The van der Waals surface area contributed by atoms with Gasteiger partial charge < -0.3 is 16.0 Å². The van der Waals surface area contributed by atoms with Crippen molar-refractivity contribution >= 4 is 5.91 Å². The molecule has 1 rings (SSSR count). The molecule has 1 aliphatic rings. The molecule has 15 heavy (non-hydrogen) atoms. The minimum absolute atomic E-state index is 0.0674. The first-order valence-electron chi connectivity index (χ1n) is 5.84. The molecule has 4 heteroatoms. The van der Waals surface area contributed by atoms with E-state index in [2.05, 4.69) is 24.1 Å². The molecule has 0 aromatic heterocycles. The van der Waals surface area contributed by atoms with Gasteiger partial charge in [0, 0.05) is 25.7 Å². The lowest BCUT2D eigenvalue weighted by Crippen LogP contribution is -2.44. The molecular formula is C11H23N3O. The highest BCUT2D eigenvalue weighted by Gasteiger charge is 2.23. The average Bonchev–Trinajstić information content (AvgIpc) is 2.17. The Hall–Kier alpha value is -0.610. The summed E-state index contributed by atoms with van der Waals surface area (Å²) in [4.78, 5) is 13.4. The van der Waals surface area contributed by atoms with Gasteiger partial charge in [-0.1, -0.05) is 13.8 Å². The van der Waals surface area contributed by atoms with E-state index >= 15 is 0 Å². The highest BCUT2D eigenvalue weighted by molar-refractivity contribution is 5.76. The Bertz CT molecular complexity index is 206. The topological polar surface area (TPSA) is 58.4 Å². The predicted octanol–water partition coefficient (Wildman–Crippen LogP) is 0.182. The molecule has 0 aromatic rings.